The number of hydrogen-bond acceptors (Lipinski definition) is 8. The van der Waals surface area contributed by atoms with Gasteiger partial charge in [0, 0.05) is 40.3 Å². The number of halogens is 1. The highest BCUT2D eigenvalue weighted by Crippen LogP contribution is 2.51. The Balaban J connectivity index is 1.86. The van der Waals surface area contributed by atoms with Crippen molar-refractivity contribution >= 4 is 45.0 Å². The second-order valence-corrected chi connectivity index (χ2v) is 14.8. The molecule has 1 aliphatic rings. The number of nitrogens with zero attached hydrogens (tertiary/aromatic N) is 2. The zero-order valence-corrected chi connectivity index (χ0v) is 29.4. The van der Waals surface area contributed by atoms with Crippen molar-refractivity contribution in [2.24, 2.45) is 0 Å². The van der Waals surface area contributed by atoms with Gasteiger partial charge < -0.3 is 25.0 Å². The van der Waals surface area contributed by atoms with Gasteiger partial charge in [-0.15, -0.1) is 0 Å². The molecule has 13 heteroatoms. The fourth-order valence-corrected chi connectivity index (χ4v) is 7.31. The third-order valence-electron chi connectivity index (χ3n) is 7.69. The van der Waals surface area contributed by atoms with E-state index in [1.165, 1.54) is 43.5 Å². The summed E-state index contributed by atoms with van der Waals surface area (Å²) in [6, 6.07) is 13.2. The van der Waals surface area contributed by atoms with Crippen LogP contribution in [0.25, 0.3) is 0 Å². The minimum atomic E-state index is -4.63. The summed E-state index contributed by atoms with van der Waals surface area (Å²) in [4.78, 5) is 42.2. The molecule has 3 aromatic carbocycles. The minimum absolute atomic E-state index is 0.0921. The Bertz CT molecular complexity index is 1820. The first-order valence-electron chi connectivity index (χ1n) is 15.1. The molecule has 1 unspecified atom stereocenters. The lowest BCUT2D eigenvalue weighted by molar-refractivity contribution is -0.120. The summed E-state index contributed by atoms with van der Waals surface area (Å²) < 4.78 is 40.8. The average molecular weight is 685 g/mol. The van der Waals surface area contributed by atoms with Gasteiger partial charge in [0.15, 0.2) is 0 Å². The third-order valence-corrected chi connectivity index (χ3v) is 9.76. The number of ether oxygens (including phenoxy) is 2. The van der Waals surface area contributed by atoms with E-state index >= 15 is 0 Å². The van der Waals surface area contributed by atoms with Crippen molar-refractivity contribution in [1.29, 1.82) is 0 Å². The summed E-state index contributed by atoms with van der Waals surface area (Å²) in [5, 5.41) is 5.86. The number of fused-ring (bicyclic) bond motifs is 1. The number of rotatable bonds is 11. The van der Waals surface area contributed by atoms with Gasteiger partial charge in [0.25, 0.3) is 27.7 Å². The smallest absolute Gasteiger partial charge is 0.274 e. The number of hydrogen-bond donors (Lipinski definition) is 2. The van der Waals surface area contributed by atoms with Gasteiger partial charge in [0.05, 0.1) is 19.4 Å². The van der Waals surface area contributed by atoms with E-state index in [2.05, 4.69) is 10.6 Å². The average Bonchev–Trinajstić information content (AvgIpc) is 3.22. The summed E-state index contributed by atoms with van der Waals surface area (Å²) in [7, 11) is 0.438. The standard InChI is InChI=1S/C34H41ClN4O7S/c1-9-46-23-12-14-27-25(20-23)34(5,24-18-21(10-13-26(24)35)30(40)36-16-17-38(6)7)32(42)39(27)47(43,44)29-15-11-22(19-28(29)45-8)31(41)37-33(2,3)4/h10-15,18-20H,9,16-17H2,1-8H3,(H,36,40)(H,37,41). The normalized spacial score (nSPS) is 16.2. The Morgan fingerprint density at radius 2 is 1.64 bits per heavy atom. The summed E-state index contributed by atoms with van der Waals surface area (Å²) in [6.45, 7) is 10.2. The van der Waals surface area contributed by atoms with E-state index in [1.807, 2.05) is 39.8 Å². The van der Waals surface area contributed by atoms with Gasteiger partial charge in [0.1, 0.15) is 21.8 Å². The summed E-state index contributed by atoms with van der Waals surface area (Å²) in [5.41, 5.74) is -1.07. The molecule has 4 rings (SSSR count). The van der Waals surface area contributed by atoms with E-state index in [1.54, 1.807) is 32.0 Å². The number of likely N-dealkylation sites (N-methyl/N-ethyl adjacent to an activating group) is 1. The Morgan fingerprint density at radius 3 is 2.26 bits per heavy atom. The molecule has 0 aromatic heterocycles. The highest BCUT2D eigenvalue weighted by atomic mass is 35.5. The van der Waals surface area contributed by atoms with Gasteiger partial charge >= 0.3 is 0 Å². The number of carbonyl (C=O) groups is 3. The number of anilines is 1. The van der Waals surface area contributed by atoms with E-state index in [0.717, 1.165) is 4.31 Å². The first kappa shape index (κ1) is 35.7. The fraction of sp³-hybridized carbons (Fsp3) is 0.382. The Labute approximate surface area is 281 Å². The monoisotopic (exact) mass is 684 g/mol. The molecule has 0 bridgehead atoms. The largest absolute Gasteiger partial charge is 0.495 e. The summed E-state index contributed by atoms with van der Waals surface area (Å²) in [6.07, 6.45) is 0. The van der Waals surface area contributed by atoms with Gasteiger partial charge in [-0.05, 0) is 109 Å². The zero-order valence-electron chi connectivity index (χ0n) is 27.9. The van der Waals surface area contributed by atoms with Crippen molar-refractivity contribution in [3.8, 4) is 11.5 Å². The number of nitrogens with one attached hydrogen (secondary N) is 2. The Kier molecular flexibility index (Phi) is 10.3. The van der Waals surface area contributed by atoms with Crippen molar-refractivity contribution in [2.45, 2.75) is 50.5 Å². The Morgan fingerprint density at radius 1 is 0.979 bits per heavy atom. The maximum Gasteiger partial charge on any atom is 0.274 e. The zero-order chi connectivity index (χ0) is 34.9. The van der Waals surface area contributed by atoms with Crippen molar-refractivity contribution in [3.05, 3.63) is 81.9 Å². The lowest BCUT2D eigenvalue weighted by Gasteiger charge is -2.27. The number of amides is 3. The molecule has 3 aromatic rings. The van der Waals surface area contributed by atoms with Crippen LogP contribution in [-0.2, 0) is 20.2 Å². The quantitative estimate of drug-likeness (QED) is 0.299. The molecule has 0 fully saturated rings. The van der Waals surface area contributed by atoms with Crippen molar-refractivity contribution in [3.63, 3.8) is 0 Å². The second kappa shape index (κ2) is 13.5. The highest BCUT2D eigenvalue weighted by molar-refractivity contribution is 7.93. The van der Waals surface area contributed by atoms with Crippen LogP contribution in [0, 0.1) is 0 Å². The maximum atomic E-state index is 14.6. The third kappa shape index (κ3) is 7.09. The maximum absolute atomic E-state index is 14.6. The lowest BCUT2D eigenvalue weighted by atomic mass is 9.76. The molecular weight excluding hydrogens is 644 g/mol. The molecule has 3 amide bonds. The van der Waals surface area contributed by atoms with Gasteiger partial charge in [0.2, 0.25) is 0 Å². The molecule has 0 radical (unpaired) electrons. The molecule has 0 spiro atoms. The van der Waals surface area contributed by atoms with Crippen LogP contribution in [0.3, 0.4) is 0 Å². The molecule has 252 valence electrons. The van der Waals surface area contributed by atoms with Crippen LogP contribution in [0.15, 0.2) is 59.5 Å². The van der Waals surface area contributed by atoms with Crippen LogP contribution in [0.5, 0.6) is 11.5 Å². The first-order chi connectivity index (χ1) is 21.9. The van der Waals surface area contributed by atoms with Gasteiger partial charge in [-0.1, -0.05) is 11.6 Å². The molecular formula is C34H41ClN4O7S. The molecule has 11 nitrogen and oxygen atoms in total. The first-order valence-corrected chi connectivity index (χ1v) is 16.9. The predicted octanol–water partition coefficient (Wildman–Crippen LogP) is 4.61. The fourth-order valence-electron chi connectivity index (χ4n) is 5.35. The van der Waals surface area contributed by atoms with Crippen LogP contribution >= 0.6 is 11.6 Å². The highest BCUT2D eigenvalue weighted by Gasteiger charge is 2.54. The van der Waals surface area contributed by atoms with Gasteiger partial charge in [-0.2, -0.15) is 0 Å². The number of carbonyl (C=O) groups excluding carboxylic acids is 3. The van der Waals surface area contributed by atoms with Gasteiger partial charge in [-0.25, -0.2) is 12.7 Å². The van der Waals surface area contributed by atoms with Crippen LogP contribution in [-0.4, -0.2) is 77.5 Å². The van der Waals surface area contributed by atoms with E-state index in [0.29, 0.717) is 31.0 Å². The molecule has 47 heavy (non-hydrogen) atoms. The van der Waals surface area contributed by atoms with Gasteiger partial charge in [-0.3, -0.25) is 14.4 Å². The molecule has 2 N–H and O–H groups in total. The summed E-state index contributed by atoms with van der Waals surface area (Å²) in [5.74, 6) is -1.30. The van der Waals surface area contributed by atoms with Crippen LogP contribution in [0.1, 0.15) is 66.5 Å². The number of sulfonamides is 1. The van der Waals surface area contributed by atoms with Crippen molar-refractivity contribution in [2.75, 3.05) is 45.2 Å². The summed E-state index contributed by atoms with van der Waals surface area (Å²) >= 11 is 6.72. The van der Waals surface area contributed by atoms with Crippen LogP contribution in [0.2, 0.25) is 5.02 Å². The second-order valence-electron chi connectivity index (χ2n) is 12.6. The van der Waals surface area contributed by atoms with E-state index in [-0.39, 0.29) is 44.0 Å². The number of methoxy groups -OCH3 is 1. The molecule has 0 saturated carbocycles. The number of benzene rings is 3. The topological polar surface area (TPSA) is 134 Å². The molecule has 1 aliphatic heterocycles. The van der Waals surface area contributed by atoms with Crippen molar-refractivity contribution < 1.29 is 32.3 Å². The van der Waals surface area contributed by atoms with Crippen LogP contribution in [0.4, 0.5) is 5.69 Å². The minimum Gasteiger partial charge on any atom is -0.495 e. The molecule has 1 atom stereocenters. The van der Waals surface area contributed by atoms with Crippen molar-refractivity contribution in [1.82, 2.24) is 15.5 Å². The predicted molar refractivity (Wildman–Crippen MR) is 181 cm³/mol. The molecule has 0 saturated heterocycles. The van der Waals surface area contributed by atoms with E-state index in [9.17, 15) is 22.8 Å². The van der Waals surface area contributed by atoms with E-state index < -0.39 is 32.8 Å². The lowest BCUT2D eigenvalue weighted by Crippen LogP contribution is -2.43. The van der Waals surface area contributed by atoms with Crippen LogP contribution < -0.4 is 24.4 Å². The Hall–Kier alpha value is -4.13. The molecule has 0 aliphatic carbocycles. The molecule has 1 heterocycles. The SMILES string of the molecule is CCOc1ccc2c(c1)C(C)(c1cc(C(=O)NCCN(C)C)ccc1Cl)C(=O)N2S(=O)(=O)c1ccc(C(=O)NC(C)(C)C)cc1OC. The van der Waals surface area contributed by atoms with E-state index in [4.69, 9.17) is 21.1 Å².